The van der Waals surface area contributed by atoms with Gasteiger partial charge in [-0.2, -0.15) is 5.26 Å². The predicted molar refractivity (Wildman–Crippen MR) is 133 cm³/mol. The Kier molecular flexibility index (Phi) is 7.08. The molecule has 4 rings (SSSR count). The minimum absolute atomic E-state index is 0.101. The summed E-state index contributed by atoms with van der Waals surface area (Å²) in [6.07, 6.45) is 0.104. The van der Waals surface area contributed by atoms with Gasteiger partial charge in [-0.15, -0.1) is 0 Å². The van der Waals surface area contributed by atoms with E-state index < -0.39 is 5.97 Å². The number of fused-ring (bicyclic) bond motifs is 1. The molecule has 0 heterocycles. The van der Waals surface area contributed by atoms with Crippen molar-refractivity contribution in [2.45, 2.75) is 25.8 Å². The first-order valence-corrected chi connectivity index (χ1v) is 11.3. The summed E-state index contributed by atoms with van der Waals surface area (Å²) in [5.41, 5.74) is 2.30. The number of nitriles is 1. The number of amides is 1. The van der Waals surface area contributed by atoms with Crippen LogP contribution in [0.1, 0.15) is 46.4 Å². The van der Waals surface area contributed by atoms with Crippen LogP contribution in [0.2, 0.25) is 0 Å². The van der Waals surface area contributed by atoms with Gasteiger partial charge in [0.25, 0.3) is 5.91 Å². The van der Waals surface area contributed by atoms with E-state index >= 15 is 0 Å². The van der Waals surface area contributed by atoms with Gasteiger partial charge in [-0.3, -0.25) is 9.59 Å². The second-order valence-corrected chi connectivity index (χ2v) is 8.19. The number of nitrogens with one attached hydrogen (secondary N) is 1. The van der Waals surface area contributed by atoms with Gasteiger partial charge in [0.15, 0.2) is 0 Å². The first kappa shape index (κ1) is 23.5. The maximum Gasteiger partial charge on any atom is 0.303 e. The van der Waals surface area contributed by atoms with E-state index in [9.17, 15) is 14.9 Å². The molecule has 174 valence electrons. The number of carbonyl (C=O) groups excluding carboxylic acids is 1. The standard InChI is InChI=1S/C29H24N2O4/c1-19(24-11-6-9-20-7-2-4-10-25(20)24)31-29(34)26-17-23(15-13-21(26)14-16-28(32)33)35-27-12-5-3-8-22(27)18-30/h2-13,15,17,19H,14,16H2,1H3,(H,31,34)(H,32,33). The number of ether oxygens (including phenoxy) is 1. The molecule has 0 spiro atoms. The normalized spacial score (nSPS) is 11.4. The van der Waals surface area contributed by atoms with Crippen molar-refractivity contribution < 1.29 is 19.4 Å². The number of hydrogen-bond acceptors (Lipinski definition) is 4. The Balaban J connectivity index is 1.64. The van der Waals surface area contributed by atoms with Gasteiger partial charge in [0, 0.05) is 12.0 Å². The third-order valence-corrected chi connectivity index (χ3v) is 5.81. The monoisotopic (exact) mass is 464 g/mol. The number of hydrogen-bond donors (Lipinski definition) is 2. The van der Waals surface area contributed by atoms with Crippen LogP contribution in [0.15, 0.2) is 84.9 Å². The molecule has 2 N–H and O–H groups in total. The van der Waals surface area contributed by atoms with Crippen LogP contribution < -0.4 is 10.1 Å². The van der Waals surface area contributed by atoms with E-state index in [4.69, 9.17) is 9.84 Å². The van der Waals surface area contributed by atoms with Crippen molar-refractivity contribution in [3.05, 3.63) is 107 Å². The quantitative estimate of drug-likeness (QED) is 0.333. The summed E-state index contributed by atoms with van der Waals surface area (Å²) < 4.78 is 5.90. The molecule has 35 heavy (non-hydrogen) atoms. The Bertz CT molecular complexity index is 1430. The maximum absolute atomic E-state index is 13.4. The largest absolute Gasteiger partial charge is 0.481 e. The molecule has 0 bridgehead atoms. The molecule has 0 aliphatic rings. The van der Waals surface area contributed by atoms with Gasteiger partial charge in [0.2, 0.25) is 0 Å². The number of para-hydroxylation sites is 1. The van der Waals surface area contributed by atoms with Crippen LogP contribution in [0.25, 0.3) is 10.8 Å². The molecule has 0 radical (unpaired) electrons. The number of carboxylic acids is 1. The zero-order valence-corrected chi connectivity index (χ0v) is 19.2. The molecule has 6 heteroatoms. The van der Waals surface area contributed by atoms with E-state index in [-0.39, 0.29) is 24.8 Å². The molecular formula is C29H24N2O4. The second kappa shape index (κ2) is 10.5. The number of aliphatic carboxylic acids is 1. The minimum atomic E-state index is -0.941. The number of carbonyl (C=O) groups is 2. The summed E-state index contributed by atoms with van der Waals surface area (Å²) in [6.45, 7) is 1.92. The molecule has 4 aromatic rings. The van der Waals surface area contributed by atoms with E-state index in [0.717, 1.165) is 16.3 Å². The van der Waals surface area contributed by atoms with Crippen LogP contribution in [-0.4, -0.2) is 17.0 Å². The lowest BCUT2D eigenvalue weighted by atomic mass is 9.98. The lowest BCUT2D eigenvalue weighted by molar-refractivity contribution is -0.136. The molecule has 0 fully saturated rings. The summed E-state index contributed by atoms with van der Waals surface area (Å²) in [5.74, 6) is -0.507. The molecule has 0 saturated carbocycles. The van der Waals surface area contributed by atoms with Gasteiger partial charge in [0.1, 0.15) is 17.6 Å². The van der Waals surface area contributed by atoms with Gasteiger partial charge in [-0.25, -0.2) is 0 Å². The number of rotatable bonds is 8. The molecule has 0 aliphatic carbocycles. The number of benzene rings is 4. The van der Waals surface area contributed by atoms with Crippen molar-refractivity contribution in [3.8, 4) is 17.6 Å². The lowest BCUT2D eigenvalue weighted by Crippen LogP contribution is -2.28. The first-order valence-electron chi connectivity index (χ1n) is 11.3. The first-order chi connectivity index (χ1) is 17.0. The van der Waals surface area contributed by atoms with Crippen LogP contribution in [0.5, 0.6) is 11.5 Å². The van der Waals surface area contributed by atoms with E-state index in [1.807, 2.05) is 49.4 Å². The zero-order chi connectivity index (χ0) is 24.8. The van der Waals surface area contributed by atoms with Gasteiger partial charge < -0.3 is 15.2 Å². The summed E-state index contributed by atoms with van der Waals surface area (Å²) in [4.78, 5) is 24.6. The molecular weight excluding hydrogens is 440 g/mol. The summed E-state index contributed by atoms with van der Waals surface area (Å²) in [7, 11) is 0. The topological polar surface area (TPSA) is 99.4 Å². The lowest BCUT2D eigenvalue weighted by Gasteiger charge is -2.18. The van der Waals surface area contributed by atoms with E-state index in [1.54, 1.807) is 42.5 Å². The predicted octanol–water partition coefficient (Wildman–Crippen LogP) is 6.01. The Hall–Kier alpha value is -4.63. The Morgan fingerprint density at radius 1 is 1.00 bits per heavy atom. The van der Waals surface area contributed by atoms with Crippen molar-refractivity contribution in [3.63, 3.8) is 0 Å². The molecule has 1 amide bonds. The maximum atomic E-state index is 13.4. The average Bonchev–Trinajstić information content (AvgIpc) is 2.87. The SMILES string of the molecule is CC(NC(=O)c1cc(Oc2ccccc2C#N)ccc1CCC(=O)O)c1cccc2ccccc12. The fraction of sp³-hybridized carbons (Fsp3) is 0.138. The molecule has 0 saturated heterocycles. The van der Waals surface area contributed by atoms with Crippen LogP contribution in [0.3, 0.4) is 0 Å². The summed E-state index contributed by atoms with van der Waals surface area (Å²) >= 11 is 0. The smallest absolute Gasteiger partial charge is 0.303 e. The average molecular weight is 465 g/mol. The Morgan fingerprint density at radius 3 is 2.54 bits per heavy atom. The fourth-order valence-corrected chi connectivity index (χ4v) is 4.05. The highest BCUT2D eigenvalue weighted by molar-refractivity contribution is 5.97. The zero-order valence-electron chi connectivity index (χ0n) is 19.2. The van der Waals surface area contributed by atoms with Crippen LogP contribution in [0, 0.1) is 11.3 Å². The molecule has 6 nitrogen and oxygen atoms in total. The highest BCUT2D eigenvalue weighted by atomic mass is 16.5. The van der Waals surface area contributed by atoms with E-state index in [0.29, 0.717) is 28.2 Å². The third kappa shape index (κ3) is 5.48. The minimum Gasteiger partial charge on any atom is -0.481 e. The second-order valence-electron chi connectivity index (χ2n) is 8.19. The number of nitrogens with zero attached hydrogens (tertiary/aromatic N) is 1. The molecule has 0 aliphatic heterocycles. The van der Waals surface area contributed by atoms with Gasteiger partial charge in [-0.05, 0) is 59.5 Å². The van der Waals surface area contributed by atoms with Crippen molar-refractivity contribution in [2.24, 2.45) is 0 Å². The van der Waals surface area contributed by atoms with Gasteiger partial charge >= 0.3 is 5.97 Å². The molecule has 1 unspecified atom stereocenters. The van der Waals surface area contributed by atoms with E-state index in [2.05, 4.69) is 11.4 Å². The summed E-state index contributed by atoms with van der Waals surface area (Å²) in [5, 5.41) is 23.7. The highest BCUT2D eigenvalue weighted by Gasteiger charge is 2.18. The van der Waals surface area contributed by atoms with E-state index in [1.165, 1.54) is 0 Å². The van der Waals surface area contributed by atoms with Crippen LogP contribution in [0.4, 0.5) is 0 Å². The van der Waals surface area contributed by atoms with Gasteiger partial charge in [0.05, 0.1) is 11.6 Å². The van der Waals surface area contributed by atoms with Gasteiger partial charge in [-0.1, -0.05) is 60.7 Å². The number of aryl methyl sites for hydroxylation is 1. The molecule has 0 aromatic heterocycles. The van der Waals surface area contributed by atoms with Crippen molar-refractivity contribution in [1.82, 2.24) is 5.32 Å². The molecule has 1 atom stereocenters. The fourth-order valence-electron chi connectivity index (χ4n) is 4.05. The highest BCUT2D eigenvalue weighted by Crippen LogP contribution is 2.29. The molecule has 4 aromatic carbocycles. The Labute approximate surface area is 203 Å². The number of carboxylic acid groups (broad SMARTS) is 1. The van der Waals surface area contributed by atoms with Crippen molar-refractivity contribution in [2.75, 3.05) is 0 Å². The Morgan fingerprint density at radius 2 is 1.74 bits per heavy atom. The van der Waals surface area contributed by atoms with Crippen LogP contribution in [-0.2, 0) is 11.2 Å². The van der Waals surface area contributed by atoms with Crippen molar-refractivity contribution >= 4 is 22.6 Å². The third-order valence-electron chi connectivity index (χ3n) is 5.81. The van der Waals surface area contributed by atoms with Crippen LogP contribution >= 0.6 is 0 Å². The summed E-state index contributed by atoms with van der Waals surface area (Å²) in [6, 6.07) is 27.5. The van der Waals surface area contributed by atoms with Crippen molar-refractivity contribution in [1.29, 1.82) is 5.26 Å².